The molecule has 1 N–H and O–H groups in total. The maximum absolute atomic E-state index is 12.3. The molecule has 5 heteroatoms. The molecular weight excluding hydrogens is 388 g/mol. The molecular formula is C26H26N2O3. The van der Waals surface area contributed by atoms with Crippen molar-refractivity contribution in [2.45, 2.75) is 33.3 Å². The van der Waals surface area contributed by atoms with Crippen LogP contribution in [0.2, 0.25) is 0 Å². The van der Waals surface area contributed by atoms with Crippen LogP contribution in [0.1, 0.15) is 50.5 Å². The van der Waals surface area contributed by atoms with E-state index in [0.29, 0.717) is 41.8 Å². The second-order valence-electron chi connectivity index (χ2n) is 8.08. The van der Waals surface area contributed by atoms with Gasteiger partial charge >= 0.3 is 0 Å². The van der Waals surface area contributed by atoms with E-state index in [4.69, 9.17) is 4.74 Å². The molecule has 1 aromatic heterocycles. The lowest BCUT2D eigenvalue weighted by molar-refractivity contribution is 0.0946. The van der Waals surface area contributed by atoms with E-state index < -0.39 is 0 Å². The summed E-state index contributed by atoms with van der Waals surface area (Å²) in [5, 5.41) is 2.94. The Morgan fingerprint density at radius 2 is 1.87 bits per heavy atom. The predicted molar refractivity (Wildman–Crippen MR) is 120 cm³/mol. The monoisotopic (exact) mass is 414 g/mol. The van der Waals surface area contributed by atoms with Gasteiger partial charge in [-0.2, -0.15) is 0 Å². The van der Waals surface area contributed by atoms with Gasteiger partial charge in [-0.15, -0.1) is 0 Å². The lowest BCUT2D eigenvalue weighted by Crippen LogP contribution is -2.26. The molecule has 4 rings (SSSR count). The van der Waals surface area contributed by atoms with E-state index in [9.17, 15) is 9.59 Å². The number of hydrogen-bond acceptors (Lipinski definition) is 4. The topological polar surface area (TPSA) is 68.3 Å². The summed E-state index contributed by atoms with van der Waals surface area (Å²) < 4.78 is 5.96. The van der Waals surface area contributed by atoms with E-state index in [1.807, 2.05) is 56.3 Å². The Morgan fingerprint density at radius 3 is 2.55 bits per heavy atom. The zero-order chi connectivity index (χ0) is 21.8. The normalized spacial score (nSPS) is 13.0. The third-order valence-electron chi connectivity index (χ3n) is 5.57. The number of aryl methyl sites for hydroxylation is 2. The van der Waals surface area contributed by atoms with Gasteiger partial charge in [0.2, 0.25) is 0 Å². The molecule has 0 spiro atoms. The maximum atomic E-state index is 12.3. The number of rotatable bonds is 8. The van der Waals surface area contributed by atoms with Crippen molar-refractivity contribution in [3.63, 3.8) is 0 Å². The number of hydrogen-bond donors (Lipinski definition) is 1. The van der Waals surface area contributed by atoms with Crippen LogP contribution in [0.25, 0.3) is 11.1 Å². The SMILES string of the molecule is Cc1cc(-c2ccc(C(=O)NCC3CC3)nc2C)c(C=O)cc1OCc1ccccc1. The standard InChI is InChI=1S/C26H26N2O3/c1-17-12-23(21(15-29)13-25(17)31-16-20-6-4-3-5-7-20)22-10-11-24(28-18(22)2)26(30)27-14-19-8-9-19/h3-7,10-13,15,19H,8-9,14,16H2,1-2H3,(H,27,30). The Hall–Kier alpha value is -3.47. The van der Waals surface area contributed by atoms with Crippen molar-refractivity contribution in [3.05, 3.63) is 82.7 Å². The van der Waals surface area contributed by atoms with E-state index in [-0.39, 0.29) is 5.91 Å². The number of aromatic nitrogens is 1. The Bertz CT molecular complexity index is 1110. The van der Waals surface area contributed by atoms with Gasteiger partial charge in [0.15, 0.2) is 6.29 Å². The number of carbonyl (C=O) groups is 2. The molecule has 3 aromatic rings. The minimum atomic E-state index is -0.155. The van der Waals surface area contributed by atoms with Crippen LogP contribution in [-0.2, 0) is 6.61 Å². The molecule has 1 saturated carbocycles. The van der Waals surface area contributed by atoms with Crippen LogP contribution in [0.5, 0.6) is 5.75 Å². The number of carbonyl (C=O) groups excluding carboxylic acids is 2. The van der Waals surface area contributed by atoms with Gasteiger partial charge in [0, 0.05) is 23.4 Å². The van der Waals surface area contributed by atoms with E-state index in [1.165, 1.54) is 12.8 Å². The Labute approximate surface area is 182 Å². The average Bonchev–Trinajstić information content (AvgIpc) is 3.62. The molecule has 1 amide bonds. The number of ether oxygens (including phenoxy) is 1. The summed E-state index contributed by atoms with van der Waals surface area (Å²) in [4.78, 5) is 28.7. The van der Waals surface area contributed by atoms with Crippen LogP contribution in [0.4, 0.5) is 0 Å². The highest BCUT2D eigenvalue weighted by Gasteiger charge is 2.22. The fourth-order valence-corrected chi connectivity index (χ4v) is 3.55. The molecule has 0 saturated heterocycles. The quantitative estimate of drug-likeness (QED) is 0.533. The molecule has 5 nitrogen and oxygen atoms in total. The highest BCUT2D eigenvalue weighted by atomic mass is 16.5. The van der Waals surface area contributed by atoms with Gasteiger partial charge in [-0.1, -0.05) is 36.4 Å². The first-order chi connectivity index (χ1) is 15.0. The third kappa shape index (κ3) is 5.00. The van der Waals surface area contributed by atoms with Crippen LogP contribution in [0.3, 0.4) is 0 Å². The summed E-state index contributed by atoms with van der Waals surface area (Å²) in [6.07, 6.45) is 3.20. The van der Waals surface area contributed by atoms with Crippen molar-refractivity contribution in [2.75, 3.05) is 6.54 Å². The van der Waals surface area contributed by atoms with Gasteiger partial charge in [0.25, 0.3) is 5.91 Å². The molecule has 1 aliphatic rings. The zero-order valence-corrected chi connectivity index (χ0v) is 17.9. The minimum absolute atomic E-state index is 0.155. The number of nitrogens with zero attached hydrogens (tertiary/aromatic N) is 1. The summed E-state index contributed by atoms with van der Waals surface area (Å²) in [6.45, 7) is 4.96. The van der Waals surface area contributed by atoms with Gasteiger partial charge in [-0.05, 0) is 67.5 Å². The summed E-state index contributed by atoms with van der Waals surface area (Å²) in [5.74, 6) is 1.14. The maximum Gasteiger partial charge on any atom is 0.269 e. The average molecular weight is 415 g/mol. The van der Waals surface area contributed by atoms with Gasteiger partial charge in [-0.25, -0.2) is 4.98 Å². The predicted octanol–water partition coefficient (Wildman–Crippen LogP) is 4.90. The summed E-state index contributed by atoms with van der Waals surface area (Å²) >= 11 is 0. The van der Waals surface area contributed by atoms with Crippen molar-refractivity contribution in [2.24, 2.45) is 5.92 Å². The van der Waals surface area contributed by atoms with E-state index in [2.05, 4.69) is 10.3 Å². The number of nitrogens with one attached hydrogen (secondary N) is 1. The van der Waals surface area contributed by atoms with E-state index in [0.717, 1.165) is 28.5 Å². The highest BCUT2D eigenvalue weighted by molar-refractivity contribution is 5.94. The number of benzene rings is 2. The summed E-state index contributed by atoms with van der Waals surface area (Å²) in [6, 6.07) is 17.2. The van der Waals surface area contributed by atoms with Crippen molar-refractivity contribution >= 4 is 12.2 Å². The first kappa shape index (κ1) is 20.8. The molecule has 0 bridgehead atoms. The second kappa shape index (κ2) is 9.13. The van der Waals surface area contributed by atoms with Crippen LogP contribution in [0.15, 0.2) is 54.6 Å². The molecule has 0 atom stereocenters. The van der Waals surface area contributed by atoms with Crippen molar-refractivity contribution in [1.29, 1.82) is 0 Å². The Balaban J connectivity index is 1.56. The largest absolute Gasteiger partial charge is 0.489 e. The van der Waals surface area contributed by atoms with Gasteiger partial charge in [-0.3, -0.25) is 9.59 Å². The smallest absolute Gasteiger partial charge is 0.269 e. The van der Waals surface area contributed by atoms with E-state index >= 15 is 0 Å². The van der Waals surface area contributed by atoms with Crippen LogP contribution >= 0.6 is 0 Å². The van der Waals surface area contributed by atoms with Crippen LogP contribution in [0, 0.1) is 19.8 Å². The molecule has 0 unspecified atom stereocenters. The Morgan fingerprint density at radius 1 is 1.10 bits per heavy atom. The number of pyridine rings is 1. The summed E-state index contributed by atoms with van der Waals surface area (Å²) in [5.41, 5.74) is 5.25. The summed E-state index contributed by atoms with van der Waals surface area (Å²) in [7, 11) is 0. The molecule has 0 aliphatic heterocycles. The fourth-order valence-electron chi connectivity index (χ4n) is 3.55. The van der Waals surface area contributed by atoms with Gasteiger partial charge < -0.3 is 10.1 Å². The van der Waals surface area contributed by atoms with Crippen molar-refractivity contribution in [3.8, 4) is 16.9 Å². The van der Waals surface area contributed by atoms with Crippen LogP contribution < -0.4 is 10.1 Å². The molecule has 2 aromatic carbocycles. The fraction of sp³-hybridized carbons (Fsp3) is 0.269. The molecule has 1 fully saturated rings. The molecule has 0 radical (unpaired) electrons. The highest BCUT2D eigenvalue weighted by Crippen LogP contribution is 2.32. The van der Waals surface area contributed by atoms with Crippen LogP contribution in [-0.4, -0.2) is 23.7 Å². The molecule has 1 heterocycles. The zero-order valence-electron chi connectivity index (χ0n) is 17.9. The van der Waals surface area contributed by atoms with Gasteiger partial charge in [0.05, 0.1) is 0 Å². The first-order valence-corrected chi connectivity index (χ1v) is 10.6. The number of amides is 1. The molecule has 1 aliphatic carbocycles. The van der Waals surface area contributed by atoms with Gasteiger partial charge in [0.1, 0.15) is 18.1 Å². The number of aldehydes is 1. The Kier molecular flexibility index (Phi) is 6.12. The second-order valence-corrected chi connectivity index (χ2v) is 8.08. The lowest BCUT2D eigenvalue weighted by atomic mass is 9.96. The molecule has 158 valence electrons. The lowest BCUT2D eigenvalue weighted by Gasteiger charge is -2.15. The first-order valence-electron chi connectivity index (χ1n) is 10.6. The van der Waals surface area contributed by atoms with Crippen molar-refractivity contribution in [1.82, 2.24) is 10.3 Å². The minimum Gasteiger partial charge on any atom is -0.489 e. The van der Waals surface area contributed by atoms with Crippen molar-refractivity contribution < 1.29 is 14.3 Å². The third-order valence-corrected chi connectivity index (χ3v) is 5.57. The van der Waals surface area contributed by atoms with E-state index in [1.54, 1.807) is 12.1 Å². The molecule has 31 heavy (non-hydrogen) atoms.